The highest BCUT2D eigenvalue weighted by Gasteiger charge is 2.23. The predicted molar refractivity (Wildman–Crippen MR) is 212 cm³/mol. The van der Waals surface area contributed by atoms with Crippen molar-refractivity contribution in [3.63, 3.8) is 0 Å². The van der Waals surface area contributed by atoms with E-state index in [9.17, 15) is 0 Å². The van der Waals surface area contributed by atoms with Crippen molar-refractivity contribution in [1.29, 1.82) is 0 Å². The van der Waals surface area contributed by atoms with Gasteiger partial charge in [0.15, 0.2) is 17.5 Å². The van der Waals surface area contributed by atoms with Crippen molar-refractivity contribution in [3.8, 4) is 62.1 Å². The molecule has 0 unspecified atom stereocenters. The van der Waals surface area contributed by atoms with E-state index in [1.165, 1.54) is 38.5 Å². The van der Waals surface area contributed by atoms with Crippen LogP contribution in [0.1, 0.15) is 0 Å². The van der Waals surface area contributed by atoms with E-state index in [-0.39, 0.29) is 0 Å². The molecule has 0 saturated heterocycles. The zero-order valence-electron chi connectivity index (χ0n) is 28.1. The summed E-state index contributed by atoms with van der Waals surface area (Å²) >= 11 is 0. The van der Waals surface area contributed by atoms with Gasteiger partial charge in [-0.2, -0.15) is 0 Å². The highest BCUT2D eigenvalue weighted by Crippen LogP contribution is 2.44. The Morgan fingerprint density at radius 3 is 1.42 bits per heavy atom. The molecule has 4 heterocycles. The van der Waals surface area contributed by atoms with Gasteiger partial charge < -0.3 is 4.40 Å². The molecule has 0 atom stereocenters. The number of benzene rings is 6. The first-order valence-corrected chi connectivity index (χ1v) is 17.5. The van der Waals surface area contributed by atoms with Gasteiger partial charge in [-0.25, -0.2) is 15.0 Å². The lowest BCUT2D eigenvalue weighted by Gasteiger charge is -2.11. The van der Waals surface area contributed by atoms with Crippen LogP contribution in [0.4, 0.5) is 0 Å². The topological polar surface area (TPSA) is 48.0 Å². The first kappa shape index (κ1) is 29.8. The van der Waals surface area contributed by atoms with Crippen LogP contribution in [0.25, 0.3) is 89.6 Å². The second-order valence-electron chi connectivity index (χ2n) is 12.9. The van der Waals surface area contributed by atoms with E-state index >= 15 is 0 Å². The zero-order valence-corrected chi connectivity index (χ0v) is 28.1. The van der Waals surface area contributed by atoms with Crippen LogP contribution < -0.4 is 0 Å². The van der Waals surface area contributed by atoms with Gasteiger partial charge >= 0.3 is 0 Å². The summed E-state index contributed by atoms with van der Waals surface area (Å²) in [6.07, 6.45) is 2.17. The zero-order chi connectivity index (χ0) is 34.4. The first-order valence-electron chi connectivity index (χ1n) is 17.5. The van der Waals surface area contributed by atoms with E-state index in [0.29, 0.717) is 17.5 Å². The van der Waals surface area contributed by atoms with Gasteiger partial charge in [0.1, 0.15) is 5.65 Å². The molecular formula is C47H31N5. The van der Waals surface area contributed by atoms with Crippen LogP contribution in [0.5, 0.6) is 0 Å². The minimum Gasteiger partial charge on any atom is -0.302 e. The molecule has 0 amide bonds. The van der Waals surface area contributed by atoms with Crippen LogP contribution in [-0.4, -0.2) is 23.9 Å². The highest BCUT2D eigenvalue weighted by atomic mass is 15.1. The van der Waals surface area contributed by atoms with Gasteiger partial charge in [-0.3, -0.25) is 4.57 Å². The van der Waals surface area contributed by atoms with Crippen molar-refractivity contribution in [1.82, 2.24) is 23.9 Å². The standard InChI is InChI=1S/C47H31N5/c1-5-15-32(16-6-1)37-26-29-40-39(31-37)43-42(33-17-7-2-8-18-33)41-23-13-14-30-51(41)47(43)52(40)38-27-24-36(25-28-38)46-49-44(34-19-9-3-10-20-34)48-45(50-46)35-21-11-4-12-22-35/h1-31H. The molecule has 0 radical (unpaired) electrons. The van der Waals surface area contributed by atoms with Gasteiger partial charge in [0.2, 0.25) is 0 Å². The Balaban J connectivity index is 1.19. The number of aromatic nitrogens is 5. The van der Waals surface area contributed by atoms with E-state index in [0.717, 1.165) is 33.5 Å². The average molecular weight is 666 g/mol. The Morgan fingerprint density at radius 2 is 0.846 bits per heavy atom. The summed E-state index contributed by atoms with van der Waals surface area (Å²) in [5, 5.41) is 2.44. The van der Waals surface area contributed by atoms with Crippen LogP contribution >= 0.6 is 0 Å². The Labute approximate surface area is 300 Å². The quantitative estimate of drug-likeness (QED) is 0.178. The molecule has 0 aliphatic rings. The van der Waals surface area contributed by atoms with E-state index in [1.807, 2.05) is 60.7 Å². The molecule has 52 heavy (non-hydrogen) atoms. The highest BCUT2D eigenvalue weighted by molar-refractivity contribution is 6.20. The number of hydrogen-bond donors (Lipinski definition) is 0. The number of nitrogens with zero attached hydrogens (tertiary/aromatic N) is 5. The molecule has 5 heteroatoms. The van der Waals surface area contributed by atoms with Gasteiger partial charge in [-0.1, -0.05) is 133 Å². The lowest BCUT2D eigenvalue weighted by Crippen LogP contribution is -2.01. The summed E-state index contributed by atoms with van der Waals surface area (Å²) in [6.45, 7) is 0. The van der Waals surface area contributed by atoms with E-state index < -0.39 is 0 Å². The van der Waals surface area contributed by atoms with Crippen molar-refractivity contribution >= 4 is 27.5 Å². The second-order valence-corrected chi connectivity index (χ2v) is 12.9. The maximum Gasteiger partial charge on any atom is 0.164 e. The van der Waals surface area contributed by atoms with E-state index in [4.69, 9.17) is 15.0 Å². The minimum absolute atomic E-state index is 0.633. The summed E-state index contributed by atoms with van der Waals surface area (Å²) in [6, 6.07) is 63.5. The molecule has 244 valence electrons. The first-order chi connectivity index (χ1) is 25.8. The molecule has 6 aromatic carbocycles. The summed E-state index contributed by atoms with van der Waals surface area (Å²) in [4.78, 5) is 14.8. The molecule has 10 rings (SSSR count). The van der Waals surface area contributed by atoms with Crippen LogP contribution in [0, 0.1) is 0 Å². The van der Waals surface area contributed by atoms with Gasteiger partial charge in [0.05, 0.1) is 11.0 Å². The number of hydrogen-bond acceptors (Lipinski definition) is 3. The van der Waals surface area contributed by atoms with E-state index in [2.05, 4.69) is 136 Å². The molecule has 4 aromatic heterocycles. The molecule has 0 aliphatic heterocycles. The number of fused-ring (bicyclic) bond motifs is 5. The average Bonchev–Trinajstić information content (AvgIpc) is 3.74. The predicted octanol–water partition coefficient (Wildman–Crippen LogP) is 11.6. The number of pyridine rings is 1. The fraction of sp³-hybridized carbons (Fsp3) is 0. The lowest BCUT2D eigenvalue weighted by molar-refractivity contribution is 1.07. The molecule has 0 fully saturated rings. The molecule has 5 nitrogen and oxygen atoms in total. The van der Waals surface area contributed by atoms with Crippen LogP contribution in [0.2, 0.25) is 0 Å². The van der Waals surface area contributed by atoms with Gasteiger partial charge in [-0.05, 0) is 65.2 Å². The largest absolute Gasteiger partial charge is 0.302 e. The van der Waals surface area contributed by atoms with Crippen molar-refractivity contribution in [2.45, 2.75) is 0 Å². The van der Waals surface area contributed by atoms with Gasteiger partial charge in [-0.15, -0.1) is 0 Å². The molecule has 0 saturated carbocycles. The third-order valence-electron chi connectivity index (χ3n) is 9.79. The third-order valence-corrected chi connectivity index (χ3v) is 9.79. The second kappa shape index (κ2) is 12.3. The summed E-state index contributed by atoms with van der Waals surface area (Å²) < 4.78 is 4.72. The van der Waals surface area contributed by atoms with Crippen molar-refractivity contribution < 1.29 is 0 Å². The molecule has 0 aliphatic carbocycles. The lowest BCUT2D eigenvalue weighted by atomic mass is 9.99. The molecule has 0 bridgehead atoms. The third kappa shape index (κ3) is 4.98. The molecular weight excluding hydrogens is 635 g/mol. The SMILES string of the molecule is c1ccc(-c2ccc3c(c2)c2c(-c4ccccc4)c4ccccn4c2n3-c2ccc(-c3nc(-c4ccccc4)nc(-c4ccccc4)n3)cc2)cc1. The van der Waals surface area contributed by atoms with Gasteiger partial charge in [0, 0.05) is 44.9 Å². The Kier molecular flexibility index (Phi) is 7.07. The van der Waals surface area contributed by atoms with Crippen molar-refractivity contribution in [2.24, 2.45) is 0 Å². The monoisotopic (exact) mass is 665 g/mol. The van der Waals surface area contributed by atoms with Crippen LogP contribution in [0.15, 0.2) is 188 Å². The van der Waals surface area contributed by atoms with Crippen LogP contribution in [0.3, 0.4) is 0 Å². The van der Waals surface area contributed by atoms with Crippen molar-refractivity contribution in [2.75, 3.05) is 0 Å². The fourth-order valence-corrected chi connectivity index (χ4v) is 7.38. The smallest absolute Gasteiger partial charge is 0.164 e. The maximum absolute atomic E-state index is 4.97. The summed E-state index contributed by atoms with van der Waals surface area (Å²) in [7, 11) is 0. The fourth-order valence-electron chi connectivity index (χ4n) is 7.38. The maximum atomic E-state index is 4.97. The molecule has 0 N–H and O–H groups in total. The normalized spacial score (nSPS) is 11.5. The minimum atomic E-state index is 0.633. The number of rotatable bonds is 6. The molecule has 10 aromatic rings. The Morgan fingerprint density at radius 1 is 0.365 bits per heavy atom. The van der Waals surface area contributed by atoms with Gasteiger partial charge in [0.25, 0.3) is 0 Å². The Hall–Kier alpha value is -7.11. The van der Waals surface area contributed by atoms with Crippen molar-refractivity contribution in [3.05, 3.63) is 188 Å². The Bertz CT molecular complexity index is 2800. The van der Waals surface area contributed by atoms with Crippen LogP contribution in [-0.2, 0) is 0 Å². The summed E-state index contributed by atoms with van der Waals surface area (Å²) in [5.41, 5.74) is 12.1. The summed E-state index contributed by atoms with van der Waals surface area (Å²) in [5.74, 6) is 1.93. The van der Waals surface area contributed by atoms with E-state index in [1.54, 1.807) is 0 Å². The molecule has 0 spiro atoms.